The highest BCUT2D eigenvalue weighted by Crippen LogP contribution is 2.25. The molecular formula is C28H29N5O3. The second kappa shape index (κ2) is 11.8. The molecule has 0 saturated carbocycles. The topological polar surface area (TPSA) is 111 Å². The number of ether oxygens (including phenoxy) is 1. The van der Waals surface area contributed by atoms with Crippen LogP contribution in [0, 0.1) is 0 Å². The number of carbonyl (C=O) groups is 2. The number of benzene rings is 3. The molecule has 184 valence electrons. The average Bonchev–Trinajstić information content (AvgIpc) is 3.40. The van der Waals surface area contributed by atoms with E-state index >= 15 is 0 Å². The highest BCUT2D eigenvalue weighted by molar-refractivity contribution is 5.97. The molecule has 8 nitrogen and oxygen atoms in total. The number of alkyl carbamates (subject to hydrolysis) is 1. The third-order valence-electron chi connectivity index (χ3n) is 5.70. The van der Waals surface area contributed by atoms with Crippen molar-refractivity contribution in [3.05, 3.63) is 108 Å². The number of carbonyl (C=O) groups excluding carboxylic acids is 2. The van der Waals surface area contributed by atoms with Gasteiger partial charge in [-0.1, -0.05) is 60.7 Å². The van der Waals surface area contributed by atoms with E-state index in [-0.39, 0.29) is 6.61 Å². The summed E-state index contributed by atoms with van der Waals surface area (Å²) in [6.45, 7) is 3.16. The normalized spacial score (nSPS) is 11.5. The van der Waals surface area contributed by atoms with E-state index in [1.807, 2.05) is 78.3 Å². The Morgan fingerprint density at radius 1 is 0.972 bits per heavy atom. The zero-order chi connectivity index (χ0) is 25.3. The SMILES string of the molecule is CCn1nccc1-c1cccc([C@@H](NC(=O)OCc2ccccc2)C(=O)Nc2cccc(CN)c2)c1. The van der Waals surface area contributed by atoms with Gasteiger partial charge in [0.1, 0.15) is 12.6 Å². The van der Waals surface area contributed by atoms with Crippen molar-refractivity contribution >= 4 is 17.7 Å². The van der Waals surface area contributed by atoms with Gasteiger partial charge in [0.05, 0.1) is 5.69 Å². The summed E-state index contributed by atoms with van der Waals surface area (Å²) in [5.74, 6) is -0.401. The van der Waals surface area contributed by atoms with Gasteiger partial charge in [-0.05, 0) is 47.9 Å². The van der Waals surface area contributed by atoms with E-state index in [0.29, 0.717) is 24.3 Å². The van der Waals surface area contributed by atoms with Crippen molar-refractivity contribution < 1.29 is 14.3 Å². The Kier molecular flexibility index (Phi) is 8.10. The fourth-order valence-electron chi connectivity index (χ4n) is 3.88. The molecule has 0 spiro atoms. The Bertz CT molecular complexity index is 1320. The first-order valence-corrected chi connectivity index (χ1v) is 11.8. The molecule has 3 aromatic carbocycles. The number of nitrogens with one attached hydrogen (secondary N) is 2. The van der Waals surface area contributed by atoms with E-state index in [9.17, 15) is 9.59 Å². The molecule has 1 aromatic heterocycles. The van der Waals surface area contributed by atoms with E-state index in [1.54, 1.807) is 24.4 Å². The number of aryl methyl sites for hydroxylation is 1. The Labute approximate surface area is 210 Å². The Hall–Kier alpha value is -4.43. The summed E-state index contributed by atoms with van der Waals surface area (Å²) in [7, 11) is 0. The molecule has 0 aliphatic rings. The maximum Gasteiger partial charge on any atom is 0.408 e. The van der Waals surface area contributed by atoms with Crippen molar-refractivity contribution in [1.82, 2.24) is 15.1 Å². The second-order valence-corrected chi connectivity index (χ2v) is 8.19. The molecule has 0 saturated heterocycles. The lowest BCUT2D eigenvalue weighted by Crippen LogP contribution is -2.37. The maximum absolute atomic E-state index is 13.4. The van der Waals surface area contributed by atoms with Crippen molar-refractivity contribution in [2.75, 3.05) is 5.32 Å². The summed E-state index contributed by atoms with van der Waals surface area (Å²) in [5, 5.41) is 9.95. The van der Waals surface area contributed by atoms with E-state index in [2.05, 4.69) is 15.7 Å². The molecule has 0 aliphatic carbocycles. The van der Waals surface area contributed by atoms with Gasteiger partial charge in [0.2, 0.25) is 0 Å². The minimum Gasteiger partial charge on any atom is -0.445 e. The van der Waals surface area contributed by atoms with Crippen LogP contribution >= 0.6 is 0 Å². The van der Waals surface area contributed by atoms with Gasteiger partial charge in [0.25, 0.3) is 5.91 Å². The molecule has 1 atom stereocenters. The van der Waals surface area contributed by atoms with Crippen molar-refractivity contribution in [3.63, 3.8) is 0 Å². The molecule has 0 bridgehead atoms. The van der Waals surface area contributed by atoms with Crippen LogP contribution in [-0.2, 0) is 29.2 Å². The monoisotopic (exact) mass is 483 g/mol. The van der Waals surface area contributed by atoms with Gasteiger partial charge in [0, 0.05) is 30.5 Å². The van der Waals surface area contributed by atoms with E-state index in [1.165, 1.54) is 0 Å². The second-order valence-electron chi connectivity index (χ2n) is 8.19. The third kappa shape index (κ3) is 6.17. The molecule has 0 unspecified atom stereocenters. The lowest BCUT2D eigenvalue weighted by atomic mass is 10.0. The van der Waals surface area contributed by atoms with Crippen LogP contribution in [0.3, 0.4) is 0 Å². The van der Waals surface area contributed by atoms with Gasteiger partial charge >= 0.3 is 6.09 Å². The van der Waals surface area contributed by atoms with Gasteiger partial charge in [-0.3, -0.25) is 9.48 Å². The third-order valence-corrected chi connectivity index (χ3v) is 5.70. The highest BCUT2D eigenvalue weighted by atomic mass is 16.5. The van der Waals surface area contributed by atoms with E-state index < -0.39 is 18.0 Å². The minimum absolute atomic E-state index is 0.0925. The van der Waals surface area contributed by atoms with Crippen LogP contribution in [0.15, 0.2) is 91.1 Å². The Balaban J connectivity index is 1.59. The quantitative estimate of drug-likeness (QED) is 0.321. The number of nitrogens with zero attached hydrogens (tertiary/aromatic N) is 2. The minimum atomic E-state index is -0.993. The summed E-state index contributed by atoms with van der Waals surface area (Å²) in [4.78, 5) is 26.1. The molecule has 2 amide bonds. The lowest BCUT2D eigenvalue weighted by molar-refractivity contribution is -0.118. The van der Waals surface area contributed by atoms with Crippen molar-refractivity contribution in [2.45, 2.75) is 32.7 Å². The number of anilines is 1. The van der Waals surface area contributed by atoms with E-state index in [0.717, 1.165) is 22.4 Å². The van der Waals surface area contributed by atoms with Crippen molar-refractivity contribution in [3.8, 4) is 11.3 Å². The summed E-state index contributed by atoms with van der Waals surface area (Å²) in [6, 6.07) is 25.0. The first-order chi connectivity index (χ1) is 17.6. The van der Waals surface area contributed by atoms with Gasteiger partial charge in [-0.2, -0.15) is 5.10 Å². The van der Waals surface area contributed by atoms with Crippen LogP contribution in [0.5, 0.6) is 0 Å². The van der Waals surface area contributed by atoms with Crippen LogP contribution in [0.25, 0.3) is 11.3 Å². The first kappa shape index (κ1) is 24.7. The summed E-state index contributed by atoms with van der Waals surface area (Å²) in [5.41, 5.74) is 10.5. The highest BCUT2D eigenvalue weighted by Gasteiger charge is 2.24. The summed E-state index contributed by atoms with van der Waals surface area (Å²) in [6.07, 6.45) is 1.04. The zero-order valence-corrected chi connectivity index (χ0v) is 20.1. The average molecular weight is 484 g/mol. The predicted molar refractivity (Wildman–Crippen MR) is 139 cm³/mol. The molecule has 4 aromatic rings. The number of rotatable bonds is 9. The standard InChI is InChI=1S/C28H29N5O3/c1-2-33-25(14-15-30-33)22-11-7-12-23(17-22)26(27(34)31-24-13-6-10-21(16-24)18-29)32-28(35)36-19-20-8-4-3-5-9-20/h3-17,26H,2,18-19,29H2,1H3,(H,31,34)(H,32,35)/t26-/m1/s1. The number of amides is 2. The van der Waals surface area contributed by atoms with Crippen LogP contribution in [0.1, 0.15) is 29.7 Å². The maximum atomic E-state index is 13.4. The van der Waals surface area contributed by atoms with Gasteiger partial charge in [-0.25, -0.2) is 4.79 Å². The largest absolute Gasteiger partial charge is 0.445 e. The van der Waals surface area contributed by atoms with Crippen molar-refractivity contribution in [1.29, 1.82) is 0 Å². The molecule has 0 aliphatic heterocycles. The summed E-state index contributed by atoms with van der Waals surface area (Å²) >= 11 is 0. The Morgan fingerprint density at radius 2 is 1.75 bits per heavy atom. The van der Waals surface area contributed by atoms with E-state index in [4.69, 9.17) is 10.5 Å². The fourth-order valence-corrected chi connectivity index (χ4v) is 3.88. The Morgan fingerprint density at radius 3 is 2.53 bits per heavy atom. The molecule has 36 heavy (non-hydrogen) atoms. The molecule has 0 radical (unpaired) electrons. The summed E-state index contributed by atoms with van der Waals surface area (Å²) < 4.78 is 7.26. The zero-order valence-electron chi connectivity index (χ0n) is 20.1. The van der Waals surface area contributed by atoms with Crippen LogP contribution in [-0.4, -0.2) is 21.8 Å². The molecule has 8 heteroatoms. The van der Waals surface area contributed by atoms with Crippen LogP contribution in [0.4, 0.5) is 10.5 Å². The number of hydrogen-bond donors (Lipinski definition) is 3. The molecule has 4 rings (SSSR count). The molecule has 1 heterocycles. The number of aromatic nitrogens is 2. The predicted octanol–water partition coefficient (Wildman–Crippen LogP) is 4.63. The molecule has 0 fully saturated rings. The van der Waals surface area contributed by atoms with Gasteiger partial charge < -0.3 is 21.1 Å². The van der Waals surface area contributed by atoms with Gasteiger partial charge in [-0.15, -0.1) is 0 Å². The fraction of sp³-hybridized carbons (Fsp3) is 0.179. The first-order valence-electron chi connectivity index (χ1n) is 11.8. The molecule has 4 N–H and O–H groups in total. The lowest BCUT2D eigenvalue weighted by Gasteiger charge is -2.20. The van der Waals surface area contributed by atoms with Crippen LogP contribution < -0.4 is 16.4 Å². The smallest absolute Gasteiger partial charge is 0.408 e. The van der Waals surface area contributed by atoms with Crippen molar-refractivity contribution in [2.24, 2.45) is 5.73 Å². The number of nitrogens with two attached hydrogens (primary N) is 1. The van der Waals surface area contributed by atoms with Crippen LogP contribution in [0.2, 0.25) is 0 Å². The van der Waals surface area contributed by atoms with Gasteiger partial charge in [0.15, 0.2) is 0 Å². The molecular weight excluding hydrogens is 454 g/mol. The number of hydrogen-bond acceptors (Lipinski definition) is 5.